The molecule has 88 valence electrons. The van der Waals surface area contributed by atoms with Gasteiger partial charge in [0.15, 0.2) is 6.61 Å². The summed E-state index contributed by atoms with van der Waals surface area (Å²) in [7, 11) is -3.32. The minimum atomic E-state index is -3.32. The summed E-state index contributed by atoms with van der Waals surface area (Å²) in [4.78, 5) is 10.5. The molecule has 0 radical (unpaired) electrons. The zero-order chi connectivity index (χ0) is 12.2. The number of nitrogens with one attached hydrogen (secondary N) is 1. The molecule has 0 spiro atoms. The SMILES string of the molecule is CS(=O)(=O)Nc1cccc(OCC(N)=O)c1. The monoisotopic (exact) mass is 244 g/mol. The molecule has 6 nitrogen and oxygen atoms in total. The largest absolute Gasteiger partial charge is 0.484 e. The number of rotatable bonds is 5. The molecule has 0 bridgehead atoms. The van der Waals surface area contributed by atoms with Gasteiger partial charge in [-0.25, -0.2) is 8.42 Å². The zero-order valence-corrected chi connectivity index (χ0v) is 9.45. The molecule has 1 aromatic rings. The van der Waals surface area contributed by atoms with Crippen LogP contribution in [-0.2, 0) is 14.8 Å². The molecule has 0 fully saturated rings. The lowest BCUT2D eigenvalue weighted by Crippen LogP contribution is -2.20. The van der Waals surface area contributed by atoms with Crippen LogP contribution in [0.4, 0.5) is 5.69 Å². The Balaban J connectivity index is 2.75. The number of amides is 1. The van der Waals surface area contributed by atoms with Gasteiger partial charge < -0.3 is 10.5 Å². The Kier molecular flexibility index (Phi) is 3.73. The van der Waals surface area contributed by atoms with E-state index in [1.807, 2.05) is 0 Å². The van der Waals surface area contributed by atoms with Gasteiger partial charge in [-0.2, -0.15) is 0 Å². The molecule has 0 atom stereocenters. The van der Waals surface area contributed by atoms with Crippen LogP contribution in [0.1, 0.15) is 0 Å². The van der Waals surface area contributed by atoms with E-state index in [2.05, 4.69) is 4.72 Å². The van der Waals surface area contributed by atoms with Crippen LogP contribution >= 0.6 is 0 Å². The van der Waals surface area contributed by atoms with Crippen LogP contribution in [0.3, 0.4) is 0 Å². The third kappa shape index (κ3) is 4.65. The third-order valence-electron chi connectivity index (χ3n) is 1.52. The number of hydrogen-bond donors (Lipinski definition) is 2. The molecule has 0 aromatic heterocycles. The number of carbonyl (C=O) groups is 1. The second-order valence-corrected chi connectivity index (χ2v) is 4.91. The molecule has 0 unspecified atom stereocenters. The second-order valence-electron chi connectivity index (χ2n) is 3.16. The number of nitrogens with two attached hydrogens (primary N) is 1. The molecule has 1 rings (SSSR count). The van der Waals surface area contributed by atoms with Crippen LogP contribution in [-0.4, -0.2) is 27.2 Å². The van der Waals surface area contributed by atoms with Crippen LogP contribution in [0.2, 0.25) is 0 Å². The molecule has 0 saturated heterocycles. The van der Waals surface area contributed by atoms with Gasteiger partial charge >= 0.3 is 0 Å². The van der Waals surface area contributed by atoms with Crippen molar-refractivity contribution in [3.8, 4) is 5.75 Å². The summed E-state index contributed by atoms with van der Waals surface area (Å²) in [6.07, 6.45) is 1.05. The van der Waals surface area contributed by atoms with Gasteiger partial charge in [-0.15, -0.1) is 0 Å². The van der Waals surface area contributed by atoms with Gasteiger partial charge in [-0.1, -0.05) is 6.07 Å². The Bertz CT molecular complexity index is 484. The minimum Gasteiger partial charge on any atom is -0.484 e. The highest BCUT2D eigenvalue weighted by molar-refractivity contribution is 7.92. The first-order valence-electron chi connectivity index (χ1n) is 4.36. The van der Waals surface area contributed by atoms with Gasteiger partial charge in [0.05, 0.1) is 11.9 Å². The Hall–Kier alpha value is -1.76. The molecule has 7 heteroatoms. The molecule has 0 heterocycles. The number of hydrogen-bond acceptors (Lipinski definition) is 4. The lowest BCUT2D eigenvalue weighted by Gasteiger charge is -2.07. The van der Waals surface area contributed by atoms with Crippen molar-refractivity contribution in [2.24, 2.45) is 5.73 Å². The van der Waals surface area contributed by atoms with Crippen molar-refractivity contribution in [2.75, 3.05) is 17.6 Å². The molecule has 3 N–H and O–H groups in total. The van der Waals surface area contributed by atoms with Crippen LogP contribution in [0.25, 0.3) is 0 Å². The van der Waals surface area contributed by atoms with E-state index in [9.17, 15) is 13.2 Å². The van der Waals surface area contributed by atoms with Gasteiger partial charge in [0.2, 0.25) is 10.0 Å². The number of anilines is 1. The fourth-order valence-electron chi connectivity index (χ4n) is 1.02. The highest BCUT2D eigenvalue weighted by Crippen LogP contribution is 2.17. The maximum absolute atomic E-state index is 11.0. The van der Waals surface area contributed by atoms with Gasteiger partial charge in [0.25, 0.3) is 5.91 Å². The van der Waals surface area contributed by atoms with Crippen molar-refractivity contribution >= 4 is 21.6 Å². The van der Waals surface area contributed by atoms with Crippen molar-refractivity contribution in [3.63, 3.8) is 0 Å². The summed E-state index contributed by atoms with van der Waals surface area (Å²) < 4.78 is 29.2. The molecular weight excluding hydrogens is 232 g/mol. The quantitative estimate of drug-likeness (QED) is 0.757. The summed E-state index contributed by atoms with van der Waals surface area (Å²) in [5.41, 5.74) is 5.27. The maximum atomic E-state index is 11.0. The third-order valence-corrected chi connectivity index (χ3v) is 2.12. The lowest BCUT2D eigenvalue weighted by atomic mass is 10.3. The minimum absolute atomic E-state index is 0.248. The van der Waals surface area contributed by atoms with E-state index in [1.54, 1.807) is 18.2 Å². The summed E-state index contributed by atoms with van der Waals surface area (Å²) in [6, 6.07) is 6.22. The number of carbonyl (C=O) groups excluding carboxylic acids is 1. The second kappa shape index (κ2) is 4.84. The molecule has 0 aliphatic carbocycles. The Morgan fingerprint density at radius 2 is 2.19 bits per heavy atom. The molecule has 1 aromatic carbocycles. The summed E-state index contributed by atoms with van der Waals surface area (Å²) >= 11 is 0. The van der Waals surface area contributed by atoms with E-state index < -0.39 is 15.9 Å². The molecule has 0 aliphatic rings. The summed E-state index contributed by atoms with van der Waals surface area (Å²) in [6.45, 7) is -0.248. The van der Waals surface area contributed by atoms with Crippen LogP contribution < -0.4 is 15.2 Å². The Morgan fingerprint density at radius 1 is 1.50 bits per heavy atom. The number of ether oxygens (including phenoxy) is 1. The highest BCUT2D eigenvalue weighted by Gasteiger charge is 2.03. The molecule has 1 amide bonds. The predicted octanol–water partition coefficient (Wildman–Crippen LogP) is -0.0778. The first kappa shape index (κ1) is 12.3. The van der Waals surface area contributed by atoms with Gasteiger partial charge in [-0.3, -0.25) is 9.52 Å². The predicted molar refractivity (Wildman–Crippen MR) is 59.6 cm³/mol. The first-order valence-corrected chi connectivity index (χ1v) is 6.25. The smallest absolute Gasteiger partial charge is 0.255 e. The van der Waals surface area contributed by atoms with Crippen molar-refractivity contribution in [2.45, 2.75) is 0 Å². The molecular formula is C9H12N2O4S. The summed E-state index contributed by atoms with van der Waals surface area (Å²) in [5.74, 6) is -0.228. The molecule has 16 heavy (non-hydrogen) atoms. The molecule has 0 saturated carbocycles. The van der Waals surface area contributed by atoms with Crippen LogP contribution in [0.5, 0.6) is 5.75 Å². The summed E-state index contributed by atoms with van der Waals surface area (Å²) in [5, 5.41) is 0. The van der Waals surface area contributed by atoms with Gasteiger partial charge in [0, 0.05) is 6.07 Å². The van der Waals surface area contributed by atoms with E-state index in [0.717, 1.165) is 6.26 Å². The van der Waals surface area contributed by atoms with Gasteiger partial charge in [0.1, 0.15) is 5.75 Å². The number of primary amides is 1. The topological polar surface area (TPSA) is 98.5 Å². The van der Waals surface area contributed by atoms with Crippen LogP contribution in [0.15, 0.2) is 24.3 Å². The maximum Gasteiger partial charge on any atom is 0.255 e. The standard InChI is InChI=1S/C9H12N2O4S/c1-16(13,14)11-7-3-2-4-8(5-7)15-6-9(10)12/h2-5,11H,6H2,1H3,(H2,10,12). The fraction of sp³-hybridized carbons (Fsp3) is 0.222. The average Bonchev–Trinajstić information content (AvgIpc) is 2.12. The Labute approximate surface area is 93.5 Å². The Morgan fingerprint density at radius 3 is 2.75 bits per heavy atom. The van der Waals surface area contributed by atoms with Crippen molar-refractivity contribution < 1.29 is 17.9 Å². The number of sulfonamides is 1. The van der Waals surface area contributed by atoms with Crippen molar-refractivity contribution in [1.29, 1.82) is 0 Å². The van der Waals surface area contributed by atoms with Crippen molar-refractivity contribution in [3.05, 3.63) is 24.3 Å². The zero-order valence-electron chi connectivity index (χ0n) is 8.64. The van der Waals surface area contributed by atoms with E-state index in [4.69, 9.17) is 10.5 Å². The van der Waals surface area contributed by atoms with Crippen molar-refractivity contribution in [1.82, 2.24) is 0 Å². The van der Waals surface area contributed by atoms with E-state index in [1.165, 1.54) is 6.07 Å². The molecule has 0 aliphatic heterocycles. The number of benzene rings is 1. The van der Waals surface area contributed by atoms with Crippen LogP contribution in [0, 0.1) is 0 Å². The lowest BCUT2D eigenvalue weighted by molar-refractivity contribution is -0.119. The first-order chi connectivity index (χ1) is 7.37. The average molecular weight is 244 g/mol. The van der Waals surface area contributed by atoms with E-state index in [-0.39, 0.29) is 6.61 Å². The van der Waals surface area contributed by atoms with Gasteiger partial charge in [-0.05, 0) is 12.1 Å². The highest BCUT2D eigenvalue weighted by atomic mass is 32.2. The normalized spacial score (nSPS) is 10.8. The van der Waals surface area contributed by atoms with E-state index in [0.29, 0.717) is 11.4 Å². The van der Waals surface area contributed by atoms with E-state index >= 15 is 0 Å². The fourth-order valence-corrected chi connectivity index (χ4v) is 1.57.